The lowest BCUT2D eigenvalue weighted by molar-refractivity contribution is 0.181. The SMILES string of the molecule is COCc1cc(N)nc(-c2cncc(Br)c2)n1. The minimum atomic E-state index is 0.404. The van der Waals surface area contributed by atoms with E-state index in [0.717, 1.165) is 15.7 Å². The Hall–Kier alpha value is -1.53. The Labute approximate surface area is 107 Å². The minimum Gasteiger partial charge on any atom is -0.384 e. The molecule has 2 heterocycles. The second-order valence-corrected chi connectivity index (χ2v) is 4.35. The molecule has 17 heavy (non-hydrogen) atoms. The van der Waals surface area contributed by atoms with Gasteiger partial charge < -0.3 is 10.5 Å². The maximum absolute atomic E-state index is 5.73. The first kappa shape index (κ1) is 11.9. The first-order valence-corrected chi connectivity index (χ1v) is 5.71. The van der Waals surface area contributed by atoms with Crippen molar-refractivity contribution < 1.29 is 4.74 Å². The maximum Gasteiger partial charge on any atom is 0.163 e. The van der Waals surface area contributed by atoms with Crippen molar-refractivity contribution in [1.29, 1.82) is 0 Å². The van der Waals surface area contributed by atoms with Crippen LogP contribution in [-0.4, -0.2) is 22.1 Å². The van der Waals surface area contributed by atoms with Crippen LogP contribution in [0.3, 0.4) is 0 Å². The van der Waals surface area contributed by atoms with Gasteiger partial charge in [0.1, 0.15) is 5.82 Å². The number of aromatic nitrogens is 3. The lowest BCUT2D eigenvalue weighted by Crippen LogP contribution is -2.01. The van der Waals surface area contributed by atoms with Crippen LogP contribution in [0.5, 0.6) is 0 Å². The standard InChI is InChI=1S/C11H11BrN4O/c1-17-6-9-3-10(13)16-11(15-9)7-2-8(12)5-14-4-7/h2-5H,6H2,1H3,(H2,13,15,16). The third-order valence-corrected chi connectivity index (χ3v) is 2.49. The predicted molar refractivity (Wildman–Crippen MR) is 68.1 cm³/mol. The molecule has 0 amide bonds. The van der Waals surface area contributed by atoms with Gasteiger partial charge in [-0.05, 0) is 22.0 Å². The molecule has 2 aromatic rings. The summed E-state index contributed by atoms with van der Waals surface area (Å²) in [5, 5.41) is 0. The molecule has 5 nitrogen and oxygen atoms in total. The van der Waals surface area contributed by atoms with Gasteiger partial charge in [-0.25, -0.2) is 9.97 Å². The van der Waals surface area contributed by atoms with Crippen molar-refractivity contribution in [2.24, 2.45) is 0 Å². The van der Waals surface area contributed by atoms with Crippen molar-refractivity contribution in [2.75, 3.05) is 12.8 Å². The fraction of sp³-hybridized carbons (Fsp3) is 0.182. The van der Waals surface area contributed by atoms with Gasteiger partial charge in [-0.2, -0.15) is 0 Å². The van der Waals surface area contributed by atoms with Crippen molar-refractivity contribution in [3.05, 3.63) is 34.7 Å². The van der Waals surface area contributed by atoms with Crippen LogP contribution in [0.15, 0.2) is 29.0 Å². The van der Waals surface area contributed by atoms with Crippen LogP contribution in [0.4, 0.5) is 5.82 Å². The number of hydrogen-bond acceptors (Lipinski definition) is 5. The summed E-state index contributed by atoms with van der Waals surface area (Å²) in [6.45, 7) is 0.404. The highest BCUT2D eigenvalue weighted by molar-refractivity contribution is 9.10. The van der Waals surface area contributed by atoms with Crippen molar-refractivity contribution in [3.8, 4) is 11.4 Å². The molecular formula is C11H11BrN4O. The fourth-order valence-corrected chi connectivity index (χ4v) is 1.77. The fourth-order valence-electron chi connectivity index (χ4n) is 1.40. The molecule has 0 saturated carbocycles. The Morgan fingerprint density at radius 1 is 1.29 bits per heavy atom. The first-order chi connectivity index (χ1) is 8.19. The Morgan fingerprint density at radius 2 is 2.12 bits per heavy atom. The van der Waals surface area contributed by atoms with E-state index in [0.29, 0.717) is 18.2 Å². The molecule has 0 aromatic carbocycles. The number of nitrogens with two attached hydrogens (primary N) is 1. The Kier molecular flexibility index (Phi) is 3.65. The Balaban J connectivity index is 2.44. The normalized spacial score (nSPS) is 10.5. The van der Waals surface area contributed by atoms with Gasteiger partial charge in [0.15, 0.2) is 5.82 Å². The third-order valence-electron chi connectivity index (χ3n) is 2.05. The molecule has 2 N–H and O–H groups in total. The van der Waals surface area contributed by atoms with Crippen molar-refractivity contribution in [2.45, 2.75) is 6.61 Å². The van der Waals surface area contributed by atoms with Gasteiger partial charge >= 0.3 is 0 Å². The zero-order valence-electron chi connectivity index (χ0n) is 9.22. The number of pyridine rings is 1. The van der Waals surface area contributed by atoms with E-state index < -0.39 is 0 Å². The molecule has 2 aromatic heterocycles. The van der Waals surface area contributed by atoms with E-state index in [-0.39, 0.29) is 0 Å². The van der Waals surface area contributed by atoms with E-state index in [2.05, 4.69) is 30.9 Å². The summed E-state index contributed by atoms with van der Waals surface area (Å²) in [5.74, 6) is 0.966. The predicted octanol–water partition coefficient (Wildman–Crippen LogP) is 2.03. The molecule has 88 valence electrons. The molecule has 0 unspecified atom stereocenters. The highest BCUT2D eigenvalue weighted by Gasteiger charge is 2.06. The second kappa shape index (κ2) is 5.20. The summed E-state index contributed by atoms with van der Waals surface area (Å²) in [6.07, 6.45) is 3.39. The zero-order valence-corrected chi connectivity index (χ0v) is 10.8. The number of methoxy groups -OCH3 is 1. The Bertz CT molecular complexity index is 533. The number of nitrogen functional groups attached to an aromatic ring is 1. The van der Waals surface area contributed by atoms with Gasteiger partial charge in [0.25, 0.3) is 0 Å². The van der Waals surface area contributed by atoms with Crippen molar-refractivity contribution >= 4 is 21.7 Å². The average Bonchev–Trinajstić information content (AvgIpc) is 2.28. The van der Waals surface area contributed by atoms with Crippen LogP contribution in [0, 0.1) is 0 Å². The molecule has 0 bridgehead atoms. The van der Waals surface area contributed by atoms with Crippen LogP contribution < -0.4 is 5.73 Å². The minimum absolute atomic E-state index is 0.404. The van der Waals surface area contributed by atoms with Gasteiger partial charge in [-0.1, -0.05) is 0 Å². The molecule has 0 radical (unpaired) electrons. The lowest BCUT2D eigenvalue weighted by Gasteiger charge is -2.05. The number of hydrogen-bond donors (Lipinski definition) is 1. The van der Waals surface area contributed by atoms with Crippen LogP contribution in [0.25, 0.3) is 11.4 Å². The molecule has 6 heteroatoms. The molecule has 0 aliphatic rings. The monoisotopic (exact) mass is 294 g/mol. The highest BCUT2D eigenvalue weighted by atomic mass is 79.9. The van der Waals surface area contributed by atoms with E-state index >= 15 is 0 Å². The van der Waals surface area contributed by atoms with E-state index in [1.165, 1.54) is 0 Å². The lowest BCUT2D eigenvalue weighted by atomic mass is 10.2. The van der Waals surface area contributed by atoms with Crippen molar-refractivity contribution in [1.82, 2.24) is 15.0 Å². The van der Waals surface area contributed by atoms with Crippen LogP contribution in [0.1, 0.15) is 5.69 Å². The molecule has 0 fully saturated rings. The van der Waals surface area contributed by atoms with Gasteiger partial charge in [0.2, 0.25) is 0 Å². The molecule has 0 aliphatic carbocycles. The molecular weight excluding hydrogens is 284 g/mol. The third kappa shape index (κ3) is 2.98. The zero-order chi connectivity index (χ0) is 12.3. The topological polar surface area (TPSA) is 73.9 Å². The largest absolute Gasteiger partial charge is 0.384 e. The van der Waals surface area contributed by atoms with E-state index in [1.807, 2.05) is 6.07 Å². The summed E-state index contributed by atoms with van der Waals surface area (Å²) < 4.78 is 5.90. The molecule has 0 aliphatic heterocycles. The summed E-state index contributed by atoms with van der Waals surface area (Å²) >= 11 is 3.35. The average molecular weight is 295 g/mol. The van der Waals surface area contributed by atoms with Gasteiger partial charge in [0.05, 0.1) is 12.3 Å². The molecule has 2 rings (SSSR count). The van der Waals surface area contributed by atoms with E-state index in [1.54, 1.807) is 25.6 Å². The molecule has 0 saturated heterocycles. The van der Waals surface area contributed by atoms with Crippen molar-refractivity contribution in [3.63, 3.8) is 0 Å². The Morgan fingerprint density at radius 3 is 2.82 bits per heavy atom. The van der Waals surface area contributed by atoms with Gasteiger partial charge in [0, 0.05) is 35.6 Å². The summed E-state index contributed by atoms with van der Waals surface area (Å²) in [4.78, 5) is 12.6. The van der Waals surface area contributed by atoms with E-state index in [4.69, 9.17) is 10.5 Å². The smallest absolute Gasteiger partial charge is 0.163 e. The number of nitrogens with zero attached hydrogens (tertiary/aromatic N) is 3. The van der Waals surface area contributed by atoms with Crippen LogP contribution in [-0.2, 0) is 11.3 Å². The van der Waals surface area contributed by atoms with Gasteiger partial charge in [-0.15, -0.1) is 0 Å². The number of ether oxygens (including phenoxy) is 1. The summed E-state index contributed by atoms with van der Waals surface area (Å²) in [6, 6.07) is 3.58. The van der Waals surface area contributed by atoms with E-state index in [9.17, 15) is 0 Å². The maximum atomic E-state index is 5.73. The molecule has 0 spiro atoms. The van der Waals surface area contributed by atoms with Crippen LogP contribution in [0.2, 0.25) is 0 Å². The second-order valence-electron chi connectivity index (χ2n) is 3.43. The van der Waals surface area contributed by atoms with Crippen LogP contribution >= 0.6 is 15.9 Å². The van der Waals surface area contributed by atoms with Gasteiger partial charge in [-0.3, -0.25) is 4.98 Å². The summed E-state index contributed by atoms with van der Waals surface area (Å²) in [5.41, 5.74) is 7.28. The summed E-state index contributed by atoms with van der Waals surface area (Å²) in [7, 11) is 1.61. The number of halogens is 1. The highest BCUT2D eigenvalue weighted by Crippen LogP contribution is 2.19. The quantitative estimate of drug-likeness (QED) is 0.937. The number of anilines is 1. The molecule has 0 atom stereocenters. The number of rotatable bonds is 3. The first-order valence-electron chi connectivity index (χ1n) is 4.92.